The van der Waals surface area contributed by atoms with Gasteiger partial charge in [-0.2, -0.15) is 0 Å². The number of amides is 2. The summed E-state index contributed by atoms with van der Waals surface area (Å²) in [6, 6.07) is 11.7. The Morgan fingerprint density at radius 1 is 1.12 bits per heavy atom. The Bertz CT molecular complexity index is 793. The number of β-amino-alcohol motifs (C(OH)–C–C–N with tert-alkyl or cyclic N) is 1. The van der Waals surface area contributed by atoms with Gasteiger partial charge in [0.05, 0.1) is 12.1 Å². The van der Waals surface area contributed by atoms with Crippen molar-refractivity contribution in [2.75, 3.05) is 6.54 Å². The van der Waals surface area contributed by atoms with Crippen LogP contribution in [0.15, 0.2) is 48.5 Å². The van der Waals surface area contributed by atoms with Crippen LogP contribution < -0.4 is 5.73 Å². The lowest BCUT2D eigenvalue weighted by molar-refractivity contribution is 0.0715. The van der Waals surface area contributed by atoms with Crippen molar-refractivity contribution in [3.63, 3.8) is 0 Å². The van der Waals surface area contributed by atoms with Gasteiger partial charge in [0.25, 0.3) is 5.91 Å². The second-order valence-electron chi connectivity index (χ2n) is 5.86. The quantitative estimate of drug-likeness (QED) is 0.902. The number of likely N-dealkylation sites (tertiary alicyclic amines) is 1. The summed E-state index contributed by atoms with van der Waals surface area (Å²) < 4.78 is 13.5. The summed E-state index contributed by atoms with van der Waals surface area (Å²) in [5.74, 6) is -1.34. The fourth-order valence-electron chi connectivity index (χ4n) is 3.04. The summed E-state index contributed by atoms with van der Waals surface area (Å²) >= 11 is 0. The molecule has 2 amide bonds. The number of aliphatic hydroxyl groups excluding tert-OH is 1. The van der Waals surface area contributed by atoms with Gasteiger partial charge >= 0.3 is 0 Å². The van der Waals surface area contributed by atoms with E-state index >= 15 is 0 Å². The number of hydrogen-bond donors (Lipinski definition) is 2. The number of carbonyl (C=O) groups is 2. The molecule has 24 heavy (non-hydrogen) atoms. The highest BCUT2D eigenvalue weighted by Crippen LogP contribution is 2.33. The topological polar surface area (TPSA) is 83.6 Å². The molecular formula is C18H17FN2O3. The van der Waals surface area contributed by atoms with Gasteiger partial charge in [0.2, 0.25) is 5.91 Å². The SMILES string of the molecule is NC(=O)c1cccc(C(=O)N2C[C@@H](O)C[C@H]2c2cccc(F)c2)c1. The lowest BCUT2D eigenvalue weighted by Gasteiger charge is -2.25. The molecule has 1 fully saturated rings. The zero-order chi connectivity index (χ0) is 17.3. The van der Waals surface area contributed by atoms with Crippen LogP contribution in [0, 0.1) is 5.82 Å². The van der Waals surface area contributed by atoms with Crippen LogP contribution in [-0.2, 0) is 0 Å². The van der Waals surface area contributed by atoms with E-state index in [2.05, 4.69) is 0 Å². The molecule has 0 bridgehead atoms. The third kappa shape index (κ3) is 3.14. The third-order valence-electron chi connectivity index (χ3n) is 4.17. The van der Waals surface area contributed by atoms with Crippen molar-refractivity contribution < 1.29 is 19.1 Å². The van der Waals surface area contributed by atoms with Crippen LogP contribution in [0.3, 0.4) is 0 Å². The summed E-state index contributed by atoms with van der Waals surface area (Å²) in [5, 5.41) is 9.98. The molecule has 0 unspecified atom stereocenters. The first-order valence-electron chi connectivity index (χ1n) is 7.60. The zero-order valence-corrected chi connectivity index (χ0v) is 12.9. The molecule has 0 saturated carbocycles. The fourth-order valence-corrected chi connectivity index (χ4v) is 3.04. The Kier molecular flexibility index (Phi) is 4.31. The standard InChI is InChI=1S/C18H17FN2O3/c19-14-6-2-3-11(8-14)16-9-15(22)10-21(16)18(24)13-5-1-4-12(7-13)17(20)23/h1-8,15-16,22H,9-10H2,(H2,20,23)/t15-,16-/m0/s1. The molecule has 3 rings (SSSR count). The van der Waals surface area contributed by atoms with Crippen molar-refractivity contribution >= 4 is 11.8 Å². The van der Waals surface area contributed by atoms with E-state index in [1.54, 1.807) is 24.3 Å². The van der Waals surface area contributed by atoms with Crippen molar-refractivity contribution in [2.24, 2.45) is 5.73 Å². The number of rotatable bonds is 3. The summed E-state index contributed by atoms with van der Waals surface area (Å²) in [7, 11) is 0. The number of nitrogens with two attached hydrogens (primary N) is 1. The van der Waals surface area contributed by atoms with Gasteiger partial charge in [-0.25, -0.2) is 4.39 Å². The smallest absolute Gasteiger partial charge is 0.254 e. The van der Waals surface area contributed by atoms with Crippen LogP contribution in [0.5, 0.6) is 0 Å². The maximum atomic E-state index is 13.5. The monoisotopic (exact) mass is 328 g/mol. The molecule has 6 heteroatoms. The van der Waals surface area contributed by atoms with E-state index < -0.39 is 23.9 Å². The summed E-state index contributed by atoms with van der Waals surface area (Å²) in [5.41, 5.74) is 6.42. The molecule has 1 heterocycles. The van der Waals surface area contributed by atoms with Crippen LogP contribution in [0.4, 0.5) is 4.39 Å². The Balaban J connectivity index is 1.92. The normalized spacial score (nSPS) is 20.2. The Morgan fingerprint density at radius 3 is 2.54 bits per heavy atom. The molecule has 0 radical (unpaired) electrons. The fraction of sp³-hybridized carbons (Fsp3) is 0.222. The van der Waals surface area contributed by atoms with Crippen LogP contribution in [0.1, 0.15) is 38.7 Å². The Morgan fingerprint density at radius 2 is 1.83 bits per heavy atom. The van der Waals surface area contributed by atoms with Gasteiger partial charge in [-0.1, -0.05) is 18.2 Å². The van der Waals surface area contributed by atoms with Gasteiger partial charge in [-0.15, -0.1) is 0 Å². The van der Waals surface area contributed by atoms with E-state index in [0.717, 1.165) is 0 Å². The Hall–Kier alpha value is -2.73. The highest BCUT2D eigenvalue weighted by molar-refractivity contribution is 5.99. The molecule has 0 spiro atoms. The maximum absolute atomic E-state index is 13.5. The second-order valence-corrected chi connectivity index (χ2v) is 5.86. The minimum Gasteiger partial charge on any atom is -0.391 e. The van der Waals surface area contributed by atoms with Gasteiger partial charge < -0.3 is 15.7 Å². The number of nitrogens with zero attached hydrogens (tertiary/aromatic N) is 1. The minimum absolute atomic E-state index is 0.154. The molecule has 0 aliphatic carbocycles. The first-order valence-corrected chi connectivity index (χ1v) is 7.60. The van der Waals surface area contributed by atoms with Crippen LogP contribution in [0.25, 0.3) is 0 Å². The third-order valence-corrected chi connectivity index (χ3v) is 4.17. The van der Waals surface area contributed by atoms with Gasteiger partial charge in [-0.3, -0.25) is 9.59 Å². The van der Waals surface area contributed by atoms with Crippen molar-refractivity contribution in [1.29, 1.82) is 0 Å². The molecule has 124 valence electrons. The molecule has 1 aliphatic heterocycles. The molecule has 5 nitrogen and oxygen atoms in total. The van der Waals surface area contributed by atoms with Gasteiger partial charge in [0.15, 0.2) is 0 Å². The highest BCUT2D eigenvalue weighted by Gasteiger charge is 2.35. The Labute approximate surface area is 138 Å². The number of hydrogen-bond acceptors (Lipinski definition) is 3. The molecule has 0 aromatic heterocycles. The van der Waals surface area contributed by atoms with E-state index in [1.807, 2.05) is 0 Å². The van der Waals surface area contributed by atoms with E-state index in [9.17, 15) is 19.1 Å². The minimum atomic E-state index is -0.679. The molecule has 1 saturated heterocycles. The van der Waals surface area contributed by atoms with Crippen LogP contribution in [-0.4, -0.2) is 34.5 Å². The highest BCUT2D eigenvalue weighted by atomic mass is 19.1. The van der Waals surface area contributed by atoms with Crippen LogP contribution >= 0.6 is 0 Å². The first kappa shape index (κ1) is 16.1. The molecule has 2 aromatic rings. The lowest BCUT2D eigenvalue weighted by atomic mass is 10.0. The maximum Gasteiger partial charge on any atom is 0.254 e. The molecular weight excluding hydrogens is 311 g/mol. The lowest BCUT2D eigenvalue weighted by Crippen LogP contribution is -2.32. The van der Waals surface area contributed by atoms with Crippen molar-refractivity contribution in [1.82, 2.24) is 4.90 Å². The van der Waals surface area contributed by atoms with Gasteiger partial charge in [0, 0.05) is 17.7 Å². The van der Waals surface area contributed by atoms with E-state index in [1.165, 1.54) is 29.2 Å². The van der Waals surface area contributed by atoms with Crippen LogP contribution in [0.2, 0.25) is 0 Å². The van der Waals surface area contributed by atoms with Gasteiger partial charge in [0.1, 0.15) is 5.82 Å². The number of primary amides is 1. The molecule has 2 atom stereocenters. The van der Waals surface area contributed by atoms with Crippen molar-refractivity contribution in [2.45, 2.75) is 18.6 Å². The zero-order valence-electron chi connectivity index (χ0n) is 12.9. The number of benzene rings is 2. The molecule has 1 aliphatic rings. The van der Waals surface area contributed by atoms with Crippen molar-refractivity contribution in [3.05, 3.63) is 71.0 Å². The second kappa shape index (κ2) is 6.41. The first-order chi connectivity index (χ1) is 11.5. The van der Waals surface area contributed by atoms with Gasteiger partial charge in [-0.05, 0) is 42.3 Å². The van der Waals surface area contributed by atoms with E-state index in [4.69, 9.17) is 5.73 Å². The molecule has 3 N–H and O–H groups in total. The summed E-state index contributed by atoms with van der Waals surface area (Å²) in [4.78, 5) is 25.6. The van der Waals surface area contributed by atoms with Crippen molar-refractivity contribution in [3.8, 4) is 0 Å². The van der Waals surface area contributed by atoms with E-state index in [0.29, 0.717) is 17.5 Å². The summed E-state index contributed by atoms with van der Waals surface area (Å²) in [6.45, 7) is 0.154. The largest absolute Gasteiger partial charge is 0.391 e. The predicted molar refractivity (Wildman–Crippen MR) is 85.8 cm³/mol. The number of carbonyl (C=O) groups excluding carboxylic acids is 2. The predicted octanol–water partition coefficient (Wildman–Crippen LogP) is 1.87. The average Bonchev–Trinajstić information content (AvgIpc) is 2.96. The summed E-state index contributed by atoms with van der Waals surface area (Å²) in [6.07, 6.45) is -0.341. The van der Waals surface area contributed by atoms with E-state index in [-0.39, 0.29) is 18.0 Å². The molecule has 2 aromatic carbocycles. The number of aliphatic hydroxyl groups is 1. The average molecular weight is 328 g/mol. The number of halogens is 1.